The van der Waals surface area contributed by atoms with Gasteiger partial charge in [0.15, 0.2) is 0 Å². The van der Waals surface area contributed by atoms with Gasteiger partial charge in [-0.2, -0.15) is 9.57 Å². The first-order chi connectivity index (χ1) is 15.2. The second-order valence-electron chi connectivity index (χ2n) is 7.57. The molecule has 0 atom stereocenters. The quantitative estimate of drug-likeness (QED) is 0.640. The van der Waals surface area contributed by atoms with E-state index in [9.17, 15) is 23.3 Å². The van der Waals surface area contributed by atoms with Crippen molar-refractivity contribution in [3.63, 3.8) is 0 Å². The number of carbonyl (C=O) groups is 2. The van der Waals surface area contributed by atoms with Gasteiger partial charge in [0.25, 0.3) is 0 Å². The van der Waals surface area contributed by atoms with Crippen LogP contribution in [0.1, 0.15) is 46.1 Å². The van der Waals surface area contributed by atoms with Crippen LogP contribution < -0.4 is 5.32 Å². The van der Waals surface area contributed by atoms with Crippen molar-refractivity contribution in [2.75, 3.05) is 25.0 Å². The van der Waals surface area contributed by atoms with Crippen molar-refractivity contribution in [2.24, 2.45) is 5.92 Å². The average molecular weight is 476 g/mol. The number of rotatable bonds is 6. The zero-order valence-electron chi connectivity index (χ0n) is 18.2. The highest BCUT2D eigenvalue weighted by atomic mass is 32.2. The summed E-state index contributed by atoms with van der Waals surface area (Å²) in [7, 11) is -3.61. The Morgan fingerprint density at radius 3 is 2.41 bits per heavy atom. The lowest BCUT2D eigenvalue weighted by molar-refractivity contribution is -0.120. The van der Waals surface area contributed by atoms with Crippen molar-refractivity contribution in [3.8, 4) is 6.07 Å². The molecule has 0 aliphatic carbocycles. The van der Waals surface area contributed by atoms with Crippen LogP contribution in [0.25, 0.3) is 0 Å². The van der Waals surface area contributed by atoms with Crippen LogP contribution in [0.3, 0.4) is 0 Å². The molecule has 1 aliphatic heterocycles. The molecule has 1 aliphatic rings. The van der Waals surface area contributed by atoms with E-state index in [0.717, 1.165) is 16.9 Å². The minimum atomic E-state index is -3.61. The number of aryl methyl sites for hydroxylation is 1. The van der Waals surface area contributed by atoms with Gasteiger partial charge in [-0.15, -0.1) is 11.3 Å². The number of esters is 1. The molecule has 1 aromatic carbocycles. The topological polar surface area (TPSA) is 117 Å². The van der Waals surface area contributed by atoms with E-state index in [0.29, 0.717) is 23.4 Å². The molecule has 1 saturated heterocycles. The number of anilines is 1. The van der Waals surface area contributed by atoms with Gasteiger partial charge >= 0.3 is 5.97 Å². The van der Waals surface area contributed by atoms with Gasteiger partial charge in [0.1, 0.15) is 15.9 Å². The number of hydrogen-bond donors (Lipinski definition) is 1. The zero-order valence-corrected chi connectivity index (χ0v) is 19.8. The van der Waals surface area contributed by atoms with Crippen molar-refractivity contribution in [1.82, 2.24) is 4.31 Å². The molecule has 0 radical (unpaired) electrons. The summed E-state index contributed by atoms with van der Waals surface area (Å²) in [5.41, 5.74) is 1.70. The predicted octanol–water partition coefficient (Wildman–Crippen LogP) is 3.45. The van der Waals surface area contributed by atoms with Crippen molar-refractivity contribution in [1.29, 1.82) is 5.26 Å². The first-order valence-corrected chi connectivity index (χ1v) is 12.5. The molecule has 32 heavy (non-hydrogen) atoms. The molecule has 2 heterocycles. The molecule has 1 fully saturated rings. The number of nitrogens with zero attached hydrogens (tertiary/aromatic N) is 2. The molecular weight excluding hydrogens is 450 g/mol. The van der Waals surface area contributed by atoms with E-state index in [1.165, 1.54) is 4.31 Å². The highest BCUT2D eigenvalue weighted by Crippen LogP contribution is 2.34. The maximum absolute atomic E-state index is 12.9. The number of carbonyl (C=O) groups excluding carboxylic acids is 2. The third-order valence-corrected chi connectivity index (χ3v) is 8.54. The molecule has 0 bridgehead atoms. The molecule has 8 nitrogen and oxygen atoms in total. The third-order valence-electron chi connectivity index (χ3n) is 5.44. The number of nitrogens with one attached hydrogen (secondary N) is 1. The van der Waals surface area contributed by atoms with Crippen molar-refractivity contribution < 1.29 is 22.7 Å². The Bertz CT molecular complexity index is 1160. The van der Waals surface area contributed by atoms with Crippen LogP contribution in [0, 0.1) is 31.1 Å². The lowest BCUT2D eigenvalue weighted by Gasteiger charge is -2.30. The van der Waals surface area contributed by atoms with Gasteiger partial charge in [-0.25, -0.2) is 13.2 Å². The number of sulfonamides is 1. The van der Waals surface area contributed by atoms with Crippen molar-refractivity contribution in [2.45, 2.75) is 38.5 Å². The number of nitriles is 1. The number of benzene rings is 1. The minimum absolute atomic E-state index is 0.212. The van der Waals surface area contributed by atoms with Crippen LogP contribution >= 0.6 is 11.3 Å². The van der Waals surface area contributed by atoms with Gasteiger partial charge in [-0.05, 0) is 51.3 Å². The van der Waals surface area contributed by atoms with E-state index in [4.69, 9.17) is 4.74 Å². The predicted molar refractivity (Wildman–Crippen MR) is 121 cm³/mol. The molecule has 1 aromatic heterocycles. The summed E-state index contributed by atoms with van der Waals surface area (Å²) in [6.45, 7) is 5.91. The Morgan fingerprint density at radius 2 is 1.84 bits per heavy atom. The van der Waals surface area contributed by atoms with Crippen LogP contribution in [-0.2, 0) is 19.6 Å². The fourth-order valence-corrected chi connectivity index (χ4v) is 6.08. The summed E-state index contributed by atoms with van der Waals surface area (Å²) in [5.74, 6) is -1.20. The molecule has 1 amide bonds. The monoisotopic (exact) mass is 475 g/mol. The SMILES string of the molecule is CCOC(=O)c1sc(NC(=O)C2CCN(S(=O)(=O)c3ccc(C)cc3)CC2)c(C#N)c1C. The maximum Gasteiger partial charge on any atom is 0.348 e. The maximum atomic E-state index is 12.9. The zero-order chi connectivity index (χ0) is 23.5. The Morgan fingerprint density at radius 1 is 1.22 bits per heavy atom. The summed E-state index contributed by atoms with van der Waals surface area (Å²) in [5, 5.41) is 12.6. The Labute approximate surface area is 191 Å². The molecule has 1 N–H and O–H groups in total. The molecule has 0 saturated carbocycles. The van der Waals surface area contributed by atoms with E-state index >= 15 is 0 Å². The van der Waals surface area contributed by atoms with E-state index < -0.39 is 16.0 Å². The number of ether oxygens (including phenoxy) is 1. The van der Waals surface area contributed by atoms with Crippen LogP contribution in [-0.4, -0.2) is 44.3 Å². The normalized spacial score (nSPS) is 15.2. The van der Waals surface area contributed by atoms with Crippen LogP contribution in [0.5, 0.6) is 0 Å². The molecule has 2 aromatic rings. The molecule has 10 heteroatoms. The second kappa shape index (κ2) is 9.81. The van der Waals surface area contributed by atoms with Crippen molar-refractivity contribution >= 4 is 38.2 Å². The molecule has 3 rings (SSSR count). The van der Waals surface area contributed by atoms with Gasteiger partial charge in [0, 0.05) is 19.0 Å². The largest absolute Gasteiger partial charge is 0.462 e. The number of thiophene rings is 1. The van der Waals surface area contributed by atoms with Gasteiger partial charge in [0.2, 0.25) is 15.9 Å². The number of hydrogen-bond acceptors (Lipinski definition) is 7. The summed E-state index contributed by atoms with van der Waals surface area (Å²) in [4.78, 5) is 25.5. The summed E-state index contributed by atoms with van der Waals surface area (Å²) >= 11 is 1.02. The van der Waals surface area contributed by atoms with E-state index in [1.807, 2.05) is 13.0 Å². The van der Waals surface area contributed by atoms with Gasteiger partial charge in [-0.1, -0.05) is 17.7 Å². The lowest BCUT2D eigenvalue weighted by atomic mass is 9.97. The summed E-state index contributed by atoms with van der Waals surface area (Å²) in [6.07, 6.45) is 0.738. The highest BCUT2D eigenvalue weighted by Gasteiger charge is 2.33. The minimum Gasteiger partial charge on any atom is -0.462 e. The Kier molecular flexibility index (Phi) is 7.33. The van der Waals surface area contributed by atoms with Crippen molar-refractivity contribution in [3.05, 3.63) is 45.8 Å². The van der Waals surface area contributed by atoms with E-state index in [1.54, 1.807) is 38.1 Å². The molecule has 0 unspecified atom stereocenters. The first kappa shape index (κ1) is 23.9. The average Bonchev–Trinajstić information content (AvgIpc) is 3.09. The number of piperidine rings is 1. The first-order valence-electron chi connectivity index (χ1n) is 10.3. The summed E-state index contributed by atoms with van der Waals surface area (Å²) < 4.78 is 32.1. The van der Waals surface area contributed by atoms with E-state index in [-0.39, 0.29) is 46.9 Å². The second-order valence-corrected chi connectivity index (χ2v) is 10.5. The summed E-state index contributed by atoms with van der Waals surface area (Å²) in [6, 6.07) is 8.73. The van der Waals surface area contributed by atoms with Gasteiger partial charge in [0.05, 0.1) is 17.1 Å². The van der Waals surface area contributed by atoms with Crippen LogP contribution in [0.2, 0.25) is 0 Å². The fourth-order valence-electron chi connectivity index (χ4n) is 3.56. The van der Waals surface area contributed by atoms with Crippen LogP contribution in [0.15, 0.2) is 29.2 Å². The standard InChI is InChI=1S/C22H25N3O5S2/c1-4-30-22(27)19-15(3)18(13-23)21(31-19)24-20(26)16-9-11-25(12-10-16)32(28,29)17-7-5-14(2)6-8-17/h5-8,16H,4,9-12H2,1-3H3,(H,24,26). The molecular formula is C22H25N3O5S2. The van der Waals surface area contributed by atoms with Gasteiger partial charge < -0.3 is 10.1 Å². The molecule has 170 valence electrons. The Balaban J connectivity index is 1.67. The molecule has 0 spiro atoms. The van der Waals surface area contributed by atoms with Crippen LogP contribution in [0.4, 0.5) is 5.00 Å². The smallest absolute Gasteiger partial charge is 0.348 e. The van der Waals surface area contributed by atoms with E-state index in [2.05, 4.69) is 5.32 Å². The third kappa shape index (κ3) is 4.85. The highest BCUT2D eigenvalue weighted by molar-refractivity contribution is 7.89. The van der Waals surface area contributed by atoms with Gasteiger partial charge in [-0.3, -0.25) is 4.79 Å². The fraction of sp³-hybridized carbons (Fsp3) is 0.409. The Hall–Kier alpha value is -2.74. The lowest BCUT2D eigenvalue weighted by Crippen LogP contribution is -2.41. The number of amides is 1.